The summed E-state index contributed by atoms with van der Waals surface area (Å²) in [7, 11) is 0. The standard InChI is InChI=1S/C14H21BrN4O2/c1-14(2,3)21-13(20)19-6-4-18(5-7-19)12-11(16)8-10(15)9-17-12/h8-9H,4-7,16H2,1-3H3. The highest BCUT2D eigenvalue weighted by Gasteiger charge is 2.26. The number of rotatable bonds is 1. The summed E-state index contributed by atoms with van der Waals surface area (Å²) in [4.78, 5) is 20.2. The molecule has 6 nitrogen and oxygen atoms in total. The molecule has 1 aromatic heterocycles. The van der Waals surface area contributed by atoms with E-state index in [2.05, 4.69) is 25.8 Å². The Kier molecular flexibility index (Phi) is 4.61. The topological polar surface area (TPSA) is 71.7 Å². The Balaban J connectivity index is 1.95. The van der Waals surface area contributed by atoms with Gasteiger partial charge in [-0.2, -0.15) is 0 Å². The molecule has 0 aromatic carbocycles. The second kappa shape index (κ2) is 6.09. The lowest BCUT2D eigenvalue weighted by Gasteiger charge is -2.36. The van der Waals surface area contributed by atoms with Crippen LogP contribution in [0.4, 0.5) is 16.3 Å². The number of ether oxygens (including phenoxy) is 1. The van der Waals surface area contributed by atoms with Crippen molar-refractivity contribution in [3.8, 4) is 0 Å². The molecular formula is C14H21BrN4O2. The van der Waals surface area contributed by atoms with Gasteiger partial charge in [0, 0.05) is 36.8 Å². The third-order valence-corrected chi connectivity index (χ3v) is 3.53. The lowest BCUT2D eigenvalue weighted by atomic mass is 10.2. The van der Waals surface area contributed by atoms with Crippen LogP contribution in [0.3, 0.4) is 0 Å². The molecule has 21 heavy (non-hydrogen) atoms. The van der Waals surface area contributed by atoms with Crippen LogP contribution in [0.25, 0.3) is 0 Å². The van der Waals surface area contributed by atoms with Crippen molar-refractivity contribution in [1.82, 2.24) is 9.88 Å². The van der Waals surface area contributed by atoms with E-state index < -0.39 is 5.60 Å². The summed E-state index contributed by atoms with van der Waals surface area (Å²) >= 11 is 3.35. The van der Waals surface area contributed by atoms with Crippen LogP contribution >= 0.6 is 15.9 Å². The number of piperazine rings is 1. The SMILES string of the molecule is CC(C)(C)OC(=O)N1CCN(c2ncc(Br)cc2N)CC1. The summed E-state index contributed by atoms with van der Waals surface area (Å²) in [6.45, 7) is 8.20. The lowest BCUT2D eigenvalue weighted by molar-refractivity contribution is 0.0240. The number of nitrogens with zero attached hydrogens (tertiary/aromatic N) is 3. The number of nitrogens with two attached hydrogens (primary N) is 1. The maximum absolute atomic E-state index is 12.0. The van der Waals surface area contributed by atoms with Gasteiger partial charge in [0.05, 0.1) is 5.69 Å². The van der Waals surface area contributed by atoms with E-state index in [4.69, 9.17) is 10.5 Å². The molecule has 1 aliphatic heterocycles. The Morgan fingerprint density at radius 3 is 2.48 bits per heavy atom. The first kappa shape index (κ1) is 15.9. The fourth-order valence-electron chi connectivity index (χ4n) is 2.14. The monoisotopic (exact) mass is 356 g/mol. The van der Waals surface area contributed by atoms with Gasteiger partial charge in [-0.3, -0.25) is 0 Å². The van der Waals surface area contributed by atoms with Gasteiger partial charge in [0.1, 0.15) is 5.60 Å². The average Bonchev–Trinajstić information content (AvgIpc) is 2.37. The second-order valence-electron chi connectivity index (χ2n) is 6.02. The lowest BCUT2D eigenvalue weighted by Crippen LogP contribution is -2.50. The van der Waals surface area contributed by atoms with Crippen molar-refractivity contribution in [2.24, 2.45) is 0 Å². The molecule has 1 aromatic rings. The van der Waals surface area contributed by atoms with Crippen LogP contribution in [0, 0.1) is 0 Å². The minimum atomic E-state index is -0.466. The van der Waals surface area contributed by atoms with Crippen molar-refractivity contribution in [3.63, 3.8) is 0 Å². The van der Waals surface area contributed by atoms with Gasteiger partial charge < -0.3 is 20.3 Å². The molecule has 1 saturated heterocycles. The van der Waals surface area contributed by atoms with E-state index >= 15 is 0 Å². The molecule has 2 rings (SSSR count). The first-order valence-corrected chi connectivity index (χ1v) is 7.69. The molecule has 0 bridgehead atoms. The number of carbonyl (C=O) groups excluding carboxylic acids is 1. The highest BCUT2D eigenvalue weighted by molar-refractivity contribution is 9.10. The average molecular weight is 357 g/mol. The molecule has 7 heteroatoms. The number of hydrogen-bond donors (Lipinski definition) is 1. The van der Waals surface area contributed by atoms with Gasteiger partial charge in [-0.05, 0) is 42.8 Å². The summed E-state index contributed by atoms with van der Waals surface area (Å²) in [6, 6.07) is 1.84. The first-order chi connectivity index (χ1) is 9.76. The molecule has 2 N–H and O–H groups in total. The summed E-state index contributed by atoms with van der Waals surface area (Å²) in [5, 5.41) is 0. The molecular weight excluding hydrogens is 336 g/mol. The molecule has 0 radical (unpaired) electrons. The van der Waals surface area contributed by atoms with E-state index in [-0.39, 0.29) is 6.09 Å². The van der Waals surface area contributed by atoms with Gasteiger partial charge in [0.25, 0.3) is 0 Å². The Hall–Kier alpha value is -1.50. The summed E-state index contributed by atoms with van der Waals surface area (Å²) in [5.41, 5.74) is 6.16. The Morgan fingerprint density at radius 2 is 1.95 bits per heavy atom. The molecule has 1 amide bonds. The van der Waals surface area contributed by atoms with E-state index in [0.29, 0.717) is 31.9 Å². The van der Waals surface area contributed by atoms with Crippen molar-refractivity contribution in [1.29, 1.82) is 0 Å². The van der Waals surface area contributed by atoms with E-state index in [1.54, 1.807) is 11.1 Å². The number of anilines is 2. The van der Waals surface area contributed by atoms with Crippen LogP contribution in [-0.4, -0.2) is 47.8 Å². The molecule has 1 fully saturated rings. The highest BCUT2D eigenvalue weighted by atomic mass is 79.9. The van der Waals surface area contributed by atoms with Crippen LogP contribution in [0.1, 0.15) is 20.8 Å². The Labute approximate surface area is 133 Å². The normalized spacial score (nSPS) is 16.0. The number of halogens is 1. The number of hydrogen-bond acceptors (Lipinski definition) is 5. The first-order valence-electron chi connectivity index (χ1n) is 6.90. The molecule has 0 atom stereocenters. The molecule has 116 valence electrons. The van der Waals surface area contributed by atoms with Crippen molar-refractivity contribution in [3.05, 3.63) is 16.7 Å². The molecule has 0 saturated carbocycles. The third kappa shape index (κ3) is 4.23. The predicted octanol–water partition coefficient (Wildman–Crippen LogP) is 2.48. The molecule has 2 heterocycles. The van der Waals surface area contributed by atoms with Gasteiger partial charge in [-0.25, -0.2) is 9.78 Å². The van der Waals surface area contributed by atoms with Crippen LogP contribution < -0.4 is 10.6 Å². The zero-order valence-corrected chi connectivity index (χ0v) is 14.2. The van der Waals surface area contributed by atoms with Gasteiger partial charge in [0.2, 0.25) is 0 Å². The van der Waals surface area contributed by atoms with Gasteiger partial charge in [-0.15, -0.1) is 0 Å². The number of nitrogen functional groups attached to an aromatic ring is 1. The van der Waals surface area contributed by atoms with Crippen molar-refractivity contribution in [2.45, 2.75) is 26.4 Å². The molecule has 0 unspecified atom stereocenters. The number of pyridine rings is 1. The molecule has 0 aliphatic carbocycles. The zero-order chi connectivity index (χ0) is 15.6. The van der Waals surface area contributed by atoms with E-state index in [1.165, 1.54) is 0 Å². The summed E-state index contributed by atoms with van der Waals surface area (Å²) in [6.07, 6.45) is 1.46. The van der Waals surface area contributed by atoms with Crippen LogP contribution in [0.5, 0.6) is 0 Å². The van der Waals surface area contributed by atoms with Crippen LogP contribution in [0.15, 0.2) is 16.7 Å². The zero-order valence-electron chi connectivity index (χ0n) is 12.6. The summed E-state index contributed by atoms with van der Waals surface area (Å²) in [5.74, 6) is 0.766. The van der Waals surface area contributed by atoms with E-state index in [9.17, 15) is 4.79 Å². The largest absolute Gasteiger partial charge is 0.444 e. The third-order valence-electron chi connectivity index (χ3n) is 3.09. The maximum atomic E-state index is 12.0. The quantitative estimate of drug-likeness (QED) is 0.836. The highest BCUT2D eigenvalue weighted by Crippen LogP contribution is 2.24. The van der Waals surface area contributed by atoms with Crippen molar-refractivity contribution < 1.29 is 9.53 Å². The minimum absolute atomic E-state index is 0.265. The van der Waals surface area contributed by atoms with Gasteiger partial charge in [0.15, 0.2) is 5.82 Å². The van der Waals surface area contributed by atoms with E-state index in [0.717, 1.165) is 10.3 Å². The van der Waals surface area contributed by atoms with Crippen molar-refractivity contribution in [2.75, 3.05) is 36.8 Å². The smallest absolute Gasteiger partial charge is 0.410 e. The molecule has 1 aliphatic rings. The fraction of sp³-hybridized carbons (Fsp3) is 0.571. The Morgan fingerprint density at radius 1 is 1.33 bits per heavy atom. The van der Waals surface area contributed by atoms with Gasteiger partial charge in [-0.1, -0.05) is 0 Å². The second-order valence-corrected chi connectivity index (χ2v) is 6.94. The summed E-state index contributed by atoms with van der Waals surface area (Å²) < 4.78 is 6.24. The van der Waals surface area contributed by atoms with Crippen molar-refractivity contribution >= 4 is 33.5 Å². The molecule has 0 spiro atoms. The number of amides is 1. The van der Waals surface area contributed by atoms with Crippen LogP contribution in [0.2, 0.25) is 0 Å². The van der Waals surface area contributed by atoms with Gasteiger partial charge >= 0.3 is 6.09 Å². The fourth-order valence-corrected chi connectivity index (χ4v) is 2.49. The predicted molar refractivity (Wildman–Crippen MR) is 86.4 cm³/mol. The van der Waals surface area contributed by atoms with E-state index in [1.807, 2.05) is 26.8 Å². The minimum Gasteiger partial charge on any atom is -0.444 e. The maximum Gasteiger partial charge on any atom is 0.410 e. The number of carbonyl (C=O) groups is 1. The number of aromatic nitrogens is 1. The Bertz CT molecular complexity index is 522. The van der Waals surface area contributed by atoms with Crippen LogP contribution in [-0.2, 0) is 4.74 Å².